The normalized spacial score (nSPS) is 11.4. The molecular weight excluding hydrogens is 204 g/mol. The predicted octanol–water partition coefficient (Wildman–Crippen LogP) is 0.726. The van der Waals surface area contributed by atoms with Gasteiger partial charge in [0.05, 0.1) is 6.07 Å². The third-order valence-electron chi connectivity index (χ3n) is 1.46. The molecule has 0 saturated carbocycles. The minimum atomic E-state index is -0.372. The number of rotatable bonds is 2. The SMILES string of the molecule is CN(C)C.N#CC(O[SiH3])c1ccccc1. The summed E-state index contributed by atoms with van der Waals surface area (Å²) in [6.45, 7) is 0. The lowest BCUT2D eigenvalue weighted by Crippen LogP contribution is -1.99. The first-order valence-electron chi connectivity index (χ1n) is 4.70. The Hall–Kier alpha value is -1.15. The molecule has 0 radical (unpaired) electrons. The van der Waals surface area contributed by atoms with Crippen LogP contribution in [0.3, 0.4) is 0 Å². The molecule has 0 N–H and O–H groups in total. The summed E-state index contributed by atoms with van der Waals surface area (Å²) in [6.07, 6.45) is -0.372. The van der Waals surface area contributed by atoms with Gasteiger partial charge in [-0.1, -0.05) is 30.3 Å². The Labute approximate surface area is 94.8 Å². The van der Waals surface area contributed by atoms with Gasteiger partial charge in [0.2, 0.25) is 0 Å². The van der Waals surface area contributed by atoms with E-state index in [1.54, 1.807) is 0 Å². The van der Waals surface area contributed by atoms with Crippen LogP contribution in [-0.2, 0) is 4.43 Å². The average molecular weight is 222 g/mol. The van der Waals surface area contributed by atoms with E-state index in [2.05, 4.69) is 6.07 Å². The lowest BCUT2D eigenvalue weighted by Gasteiger charge is -2.05. The van der Waals surface area contributed by atoms with Gasteiger partial charge in [0.15, 0.2) is 6.10 Å². The molecule has 3 nitrogen and oxygen atoms in total. The highest BCUT2D eigenvalue weighted by atomic mass is 28.2. The van der Waals surface area contributed by atoms with E-state index in [0.29, 0.717) is 10.5 Å². The van der Waals surface area contributed by atoms with Crippen LogP contribution in [0.5, 0.6) is 0 Å². The van der Waals surface area contributed by atoms with Gasteiger partial charge in [0.25, 0.3) is 0 Å². The molecule has 0 bridgehead atoms. The molecule has 1 unspecified atom stereocenters. The highest BCUT2D eigenvalue weighted by Crippen LogP contribution is 2.13. The van der Waals surface area contributed by atoms with E-state index in [1.807, 2.05) is 56.4 Å². The van der Waals surface area contributed by atoms with Crippen molar-refractivity contribution in [3.05, 3.63) is 35.9 Å². The predicted molar refractivity (Wildman–Crippen MR) is 65.4 cm³/mol. The van der Waals surface area contributed by atoms with E-state index in [4.69, 9.17) is 9.69 Å². The summed E-state index contributed by atoms with van der Waals surface area (Å²) in [5, 5.41) is 8.63. The van der Waals surface area contributed by atoms with Crippen molar-refractivity contribution in [2.24, 2.45) is 0 Å². The van der Waals surface area contributed by atoms with Crippen molar-refractivity contribution in [3.63, 3.8) is 0 Å². The van der Waals surface area contributed by atoms with Gasteiger partial charge in [-0.3, -0.25) is 0 Å². The second-order valence-electron chi connectivity index (χ2n) is 3.50. The van der Waals surface area contributed by atoms with Crippen LogP contribution in [0.25, 0.3) is 0 Å². The smallest absolute Gasteiger partial charge is 0.158 e. The van der Waals surface area contributed by atoms with E-state index in [-0.39, 0.29) is 6.10 Å². The van der Waals surface area contributed by atoms with E-state index in [9.17, 15) is 0 Å². The number of hydrogen-bond acceptors (Lipinski definition) is 3. The fourth-order valence-electron chi connectivity index (χ4n) is 0.891. The highest BCUT2D eigenvalue weighted by molar-refractivity contribution is 5.98. The Morgan fingerprint density at radius 1 is 1.27 bits per heavy atom. The van der Waals surface area contributed by atoms with Crippen LogP contribution in [0, 0.1) is 11.3 Å². The second kappa shape index (κ2) is 8.18. The van der Waals surface area contributed by atoms with Gasteiger partial charge < -0.3 is 9.33 Å². The first kappa shape index (κ1) is 13.8. The van der Waals surface area contributed by atoms with Crippen molar-refractivity contribution < 1.29 is 4.43 Å². The largest absolute Gasteiger partial charge is 0.409 e. The summed E-state index contributed by atoms with van der Waals surface area (Å²) in [5.41, 5.74) is 0.935. The molecule has 0 aliphatic rings. The molecule has 1 aromatic carbocycles. The molecule has 0 heterocycles. The minimum absolute atomic E-state index is 0.372. The zero-order valence-corrected chi connectivity index (χ0v) is 11.8. The van der Waals surface area contributed by atoms with Gasteiger partial charge >= 0.3 is 0 Å². The summed E-state index contributed by atoms with van der Waals surface area (Å²) < 4.78 is 5.06. The summed E-state index contributed by atoms with van der Waals surface area (Å²) in [7, 11) is 6.59. The number of nitrogens with zero attached hydrogens (tertiary/aromatic N) is 2. The third kappa shape index (κ3) is 6.86. The first-order valence-corrected chi connectivity index (χ1v) is 5.51. The van der Waals surface area contributed by atoms with Crippen LogP contribution in [0.15, 0.2) is 30.3 Å². The van der Waals surface area contributed by atoms with Gasteiger partial charge in [0, 0.05) is 0 Å². The van der Waals surface area contributed by atoms with Gasteiger partial charge in [-0.25, -0.2) is 0 Å². The highest BCUT2D eigenvalue weighted by Gasteiger charge is 2.05. The van der Waals surface area contributed by atoms with Crippen LogP contribution >= 0.6 is 0 Å². The van der Waals surface area contributed by atoms with Crippen LogP contribution in [0.2, 0.25) is 0 Å². The Morgan fingerprint density at radius 2 is 1.73 bits per heavy atom. The van der Waals surface area contributed by atoms with Crippen molar-refractivity contribution in [1.82, 2.24) is 4.90 Å². The Kier molecular flexibility index (Phi) is 7.55. The maximum atomic E-state index is 8.63. The van der Waals surface area contributed by atoms with E-state index < -0.39 is 0 Å². The quantitative estimate of drug-likeness (QED) is 0.692. The molecular formula is C11H18N2OSi. The molecule has 1 atom stereocenters. The molecule has 0 aliphatic heterocycles. The molecule has 82 valence electrons. The summed E-state index contributed by atoms with van der Waals surface area (Å²) >= 11 is 0. The molecule has 0 amide bonds. The lowest BCUT2D eigenvalue weighted by molar-refractivity contribution is 0.290. The number of hydrogen-bond donors (Lipinski definition) is 0. The Morgan fingerprint density at radius 3 is 2.07 bits per heavy atom. The zero-order chi connectivity index (χ0) is 11.7. The number of nitriles is 1. The Balaban J connectivity index is 0.000000423. The van der Waals surface area contributed by atoms with E-state index in [0.717, 1.165) is 5.56 Å². The molecule has 1 rings (SSSR count). The zero-order valence-electron chi connectivity index (χ0n) is 9.77. The van der Waals surface area contributed by atoms with Crippen molar-refractivity contribution in [2.45, 2.75) is 6.10 Å². The fourth-order valence-corrected chi connectivity index (χ4v) is 1.27. The second-order valence-corrected chi connectivity index (χ2v) is 3.97. The molecule has 4 heteroatoms. The third-order valence-corrected chi connectivity index (χ3v) is 1.93. The van der Waals surface area contributed by atoms with Gasteiger partial charge in [-0.2, -0.15) is 5.26 Å². The monoisotopic (exact) mass is 222 g/mol. The molecule has 0 fully saturated rings. The summed E-state index contributed by atoms with van der Waals surface area (Å²) in [5.74, 6) is 0. The average Bonchev–Trinajstić information content (AvgIpc) is 2.20. The van der Waals surface area contributed by atoms with Gasteiger partial charge in [-0.15, -0.1) is 0 Å². The van der Waals surface area contributed by atoms with Gasteiger partial charge in [0.1, 0.15) is 10.5 Å². The van der Waals surface area contributed by atoms with Crippen LogP contribution < -0.4 is 0 Å². The minimum Gasteiger partial charge on any atom is -0.409 e. The molecule has 0 aromatic heterocycles. The van der Waals surface area contributed by atoms with Crippen molar-refractivity contribution >= 4 is 10.5 Å². The van der Waals surface area contributed by atoms with Crippen molar-refractivity contribution in [3.8, 4) is 6.07 Å². The fraction of sp³-hybridized carbons (Fsp3) is 0.364. The summed E-state index contributed by atoms with van der Waals surface area (Å²) in [4.78, 5) is 2.00. The first-order chi connectivity index (χ1) is 7.11. The molecule has 1 aromatic rings. The molecule has 0 saturated heterocycles. The maximum absolute atomic E-state index is 8.63. The molecule has 15 heavy (non-hydrogen) atoms. The maximum Gasteiger partial charge on any atom is 0.158 e. The van der Waals surface area contributed by atoms with E-state index >= 15 is 0 Å². The number of benzene rings is 1. The van der Waals surface area contributed by atoms with Crippen LogP contribution in [-0.4, -0.2) is 36.5 Å². The summed E-state index contributed by atoms with van der Waals surface area (Å²) in [6, 6.07) is 11.6. The molecule has 0 aliphatic carbocycles. The van der Waals surface area contributed by atoms with Crippen LogP contribution in [0.1, 0.15) is 11.7 Å². The Bertz CT molecular complexity index is 292. The van der Waals surface area contributed by atoms with Crippen LogP contribution in [0.4, 0.5) is 0 Å². The lowest BCUT2D eigenvalue weighted by atomic mass is 10.1. The van der Waals surface area contributed by atoms with E-state index in [1.165, 1.54) is 0 Å². The van der Waals surface area contributed by atoms with Gasteiger partial charge in [-0.05, 0) is 26.7 Å². The molecule has 0 spiro atoms. The van der Waals surface area contributed by atoms with Crippen molar-refractivity contribution in [1.29, 1.82) is 5.26 Å². The van der Waals surface area contributed by atoms with Crippen molar-refractivity contribution in [2.75, 3.05) is 21.1 Å². The standard InChI is InChI=1S/C8H9NOSi.C3H9N/c9-6-8(10-11)7-4-2-1-3-5-7;1-4(2)3/h1-5,8H,11H3;1-3H3. The topological polar surface area (TPSA) is 36.3 Å².